The molecule has 0 aliphatic rings. The standard InChI is InChI=1S/C14H9F3O3/c15-10-6-2-4-8(12(10)17)7-3-1-5-9(11(7)16)13(18)14(19)20/h1-6,13,18H,(H,19,20). The van der Waals surface area contributed by atoms with Crippen LogP contribution >= 0.6 is 0 Å². The lowest BCUT2D eigenvalue weighted by Crippen LogP contribution is -2.12. The maximum Gasteiger partial charge on any atom is 0.337 e. The molecule has 0 aliphatic carbocycles. The molecule has 2 N–H and O–H groups in total. The van der Waals surface area contributed by atoms with Crippen molar-refractivity contribution in [3.05, 3.63) is 59.4 Å². The number of aliphatic carboxylic acids is 1. The van der Waals surface area contributed by atoms with Gasteiger partial charge in [0.05, 0.1) is 0 Å². The zero-order valence-corrected chi connectivity index (χ0v) is 9.98. The Morgan fingerprint density at radius 1 is 0.950 bits per heavy atom. The van der Waals surface area contributed by atoms with Crippen molar-refractivity contribution in [1.82, 2.24) is 0 Å². The summed E-state index contributed by atoms with van der Waals surface area (Å²) in [6.07, 6.45) is -2.08. The highest BCUT2D eigenvalue weighted by molar-refractivity contribution is 5.76. The van der Waals surface area contributed by atoms with Gasteiger partial charge in [-0.15, -0.1) is 0 Å². The lowest BCUT2D eigenvalue weighted by Gasteiger charge is -2.11. The number of aliphatic hydroxyl groups is 1. The summed E-state index contributed by atoms with van der Waals surface area (Å²) in [5.41, 5.74) is -1.18. The van der Waals surface area contributed by atoms with Gasteiger partial charge in [0.2, 0.25) is 0 Å². The first-order valence-corrected chi connectivity index (χ1v) is 5.57. The third-order valence-electron chi connectivity index (χ3n) is 2.80. The minimum Gasteiger partial charge on any atom is -0.479 e. The molecular formula is C14H9F3O3. The second-order valence-corrected chi connectivity index (χ2v) is 4.05. The molecule has 0 spiro atoms. The van der Waals surface area contributed by atoms with Gasteiger partial charge >= 0.3 is 5.97 Å². The third kappa shape index (κ3) is 2.37. The monoisotopic (exact) mass is 282 g/mol. The molecule has 3 nitrogen and oxygen atoms in total. The summed E-state index contributed by atoms with van der Waals surface area (Å²) in [6.45, 7) is 0. The van der Waals surface area contributed by atoms with E-state index in [0.717, 1.165) is 18.2 Å². The Balaban J connectivity index is 2.62. The Bertz CT molecular complexity index is 671. The smallest absolute Gasteiger partial charge is 0.337 e. The molecule has 0 radical (unpaired) electrons. The molecule has 104 valence electrons. The first-order valence-electron chi connectivity index (χ1n) is 5.57. The highest BCUT2D eigenvalue weighted by atomic mass is 19.2. The molecule has 0 bridgehead atoms. The summed E-state index contributed by atoms with van der Waals surface area (Å²) < 4.78 is 40.9. The van der Waals surface area contributed by atoms with E-state index < -0.39 is 35.1 Å². The fourth-order valence-corrected chi connectivity index (χ4v) is 1.81. The van der Waals surface area contributed by atoms with Crippen molar-refractivity contribution in [1.29, 1.82) is 0 Å². The van der Waals surface area contributed by atoms with Crippen molar-refractivity contribution in [3.63, 3.8) is 0 Å². The summed E-state index contributed by atoms with van der Waals surface area (Å²) in [7, 11) is 0. The molecule has 1 atom stereocenters. The zero-order valence-electron chi connectivity index (χ0n) is 9.98. The van der Waals surface area contributed by atoms with Crippen LogP contribution in [0.5, 0.6) is 0 Å². The second kappa shape index (κ2) is 5.34. The second-order valence-electron chi connectivity index (χ2n) is 4.05. The summed E-state index contributed by atoms with van der Waals surface area (Å²) in [4.78, 5) is 10.7. The van der Waals surface area contributed by atoms with Crippen LogP contribution in [0.15, 0.2) is 36.4 Å². The SMILES string of the molecule is O=C(O)C(O)c1cccc(-c2cccc(F)c2F)c1F. The van der Waals surface area contributed by atoms with E-state index in [-0.39, 0.29) is 11.1 Å². The molecule has 0 heterocycles. The van der Waals surface area contributed by atoms with Crippen LogP contribution in [0.4, 0.5) is 13.2 Å². The van der Waals surface area contributed by atoms with Gasteiger partial charge in [-0.1, -0.05) is 30.3 Å². The Labute approximate surface area is 111 Å². The van der Waals surface area contributed by atoms with Gasteiger partial charge in [-0.3, -0.25) is 0 Å². The lowest BCUT2D eigenvalue weighted by atomic mass is 9.99. The molecule has 2 aromatic carbocycles. The summed E-state index contributed by atoms with van der Waals surface area (Å²) in [6, 6.07) is 6.73. The van der Waals surface area contributed by atoms with Crippen LogP contribution in [0, 0.1) is 17.5 Å². The van der Waals surface area contributed by atoms with E-state index >= 15 is 0 Å². The van der Waals surface area contributed by atoms with Crippen LogP contribution in [0.25, 0.3) is 11.1 Å². The van der Waals surface area contributed by atoms with Crippen molar-refractivity contribution >= 4 is 5.97 Å². The molecule has 0 amide bonds. The Morgan fingerprint density at radius 2 is 1.50 bits per heavy atom. The third-order valence-corrected chi connectivity index (χ3v) is 2.80. The average Bonchev–Trinajstić information content (AvgIpc) is 2.42. The van der Waals surface area contributed by atoms with E-state index in [4.69, 9.17) is 5.11 Å². The molecule has 2 aromatic rings. The van der Waals surface area contributed by atoms with E-state index in [9.17, 15) is 23.1 Å². The number of hydrogen-bond donors (Lipinski definition) is 2. The summed E-state index contributed by atoms with van der Waals surface area (Å²) in [5.74, 6) is -5.13. The summed E-state index contributed by atoms with van der Waals surface area (Å²) in [5, 5.41) is 18.0. The number of halogens is 3. The Hall–Kier alpha value is -2.34. The number of carboxylic acid groups (broad SMARTS) is 1. The predicted molar refractivity (Wildman–Crippen MR) is 64.3 cm³/mol. The van der Waals surface area contributed by atoms with Crippen LogP contribution < -0.4 is 0 Å². The molecule has 0 aliphatic heterocycles. The lowest BCUT2D eigenvalue weighted by molar-refractivity contribution is -0.147. The van der Waals surface area contributed by atoms with Crippen LogP contribution in [0.1, 0.15) is 11.7 Å². The first-order chi connectivity index (χ1) is 9.43. The minimum atomic E-state index is -2.08. The van der Waals surface area contributed by atoms with Crippen molar-refractivity contribution in [3.8, 4) is 11.1 Å². The van der Waals surface area contributed by atoms with E-state index in [1.807, 2.05) is 0 Å². The molecule has 6 heteroatoms. The largest absolute Gasteiger partial charge is 0.479 e. The number of carbonyl (C=O) groups is 1. The van der Waals surface area contributed by atoms with Crippen molar-refractivity contribution in [2.24, 2.45) is 0 Å². The first kappa shape index (κ1) is 14.1. The van der Waals surface area contributed by atoms with Crippen molar-refractivity contribution < 1.29 is 28.2 Å². The average molecular weight is 282 g/mol. The Morgan fingerprint density at radius 3 is 2.10 bits per heavy atom. The van der Waals surface area contributed by atoms with Crippen molar-refractivity contribution in [2.75, 3.05) is 0 Å². The van der Waals surface area contributed by atoms with E-state index in [2.05, 4.69) is 0 Å². The van der Waals surface area contributed by atoms with Gasteiger partial charge in [0.1, 0.15) is 5.82 Å². The van der Waals surface area contributed by atoms with Gasteiger partial charge in [-0.2, -0.15) is 0 Å². The number of aliphatic hydroxyl groups excluding tert-OH is 1. The van der Waals surface area contributed by atoms with Crippen LogP contribution in [0.3, 0.4) is 0 Å². The quantitative estimate of drug-likeness (QED) is 0.910. The van der Waals surface area contributed by atoms with Crippen LogP contribution in [0.2, 0.25) is 0 Å². The maximum atomic E-state index is 14.2. The highest BCUT2D eigenvalue weighted by Gasteiger charge is 2.23. The topological polar surface area (TPSA) is 57.5 Å². The molecule has 0 fully saturated rings. The van der Waals surface area contributed by atoms with E-state index in [0.29, 0.717) is 0 Å². The Kier molecular flexibility index (Phi) is 3.76. The minimum absolute atomic E-state index is 0.320. The van der Waals surface area contributed by atoms with Gasteiger partial charge in [-0.25, -0.2) is 18.0 Å². The van der Waals surface area contributed by atoms with E-state index in [1.54, 1.807) is 0 Å². The highest BCUT2D eigenvalue weighted by Crippen LogP contribution is 2.30. The number of carboxylic acids is 1. The molecular weight excluding hydrogens is 273 g/mol. The molecule has 0 saturated heterocycles. The fourth-order valence-electron chi connectivity index (χ4n) is 1.81. The maximum absolute atomic E-state index is 14.2. The molecule has 20 heavy (non-hydrogen) atoms. The normalized spacial score (nSPS) is 12.2. The molecule has 0 aromatic heterocycles. The molecule has 0 saturated carbocycles. The number of hydrogen-bond acceptors (Lipinski definition) is 2. The van der Waals surface area contributed by atoms with Gasteiger partial charge in [0.15, 0.2) is 17.7 Å². The van der Waals surface area contributed by atoms with Gasteiger partial charge in [0.25, 0.3) is 0 Å². The van der Waals surface area contributed by atoms with Gasteiger partial charge in [0, 0.05) is 16.7 Å². The zero-order chi connectivity index (χ0) is 14.9. The molecule has 2 rings (SSSR count). The van der Waals surface area contributed by atoms with Crippen LogP contribution in [-0.2, 0) is 4.79 Å². The molecule has 1 unspecified atom stereocenters. The fraction of sp³-hybridized carbons (Fsp3) is 0.0714. The summed E-state index contributed by atoms with van der Waals surface area (Å²) >= 11 is 0. The predicted octanol–water partition coefficient (Wildman–Crippen LogP) is 2.89. The van der Waals surface area contributed by atoms with Crippen LogP contribution in [-0.4, -0.2) is 16.2 Å². The van der Waals surface area contributed by atoms with E-state index in [1.165, 1.54) is 18.2 Å². The number of rotatable bonds is 3. The van der Waals surface area contributed by atoms with Gasteiger partial charge in [-0.05, 0) is 6.07 Å². The number of benzene rings is 2. The van der Waals surface area contributed by atoms with Gasteiger partial charge < -0.3 is 10.2 Å². The van der Waals surface area contributed by atoms with Crippen molar-refractivity contribution in [2.45, 2.75) is 6.10 Å².